The van der Waals surface area contributed by atoms with Gasteiger partial charge in [-0.25, -0.2) is 13.6 Å². The van der Waals surface area contributed by atoms with Gasteiger partial charge in [0.05, 0.1) is 12.6 Å². The van der Waals surface area contributed by atoms with Gasteiger partial charge >= 0.3 is 6.09 Å². The Balaban J connectivity index is 1.95. The molecule has 3 aromatic rings. The molecule has 0 saturated carbocycles. The van der Waals surface area contributed by atoms with E-state index in [0.29, 0.717) is 38.2 Å². The van der Waals surface area contributed by atoms with Crippen LogP contribution in [0.2, 0.25) is 19.1 Å². The highest BCUT2D eigenvalue weighted by Crippen LogP contribution is 2.41. The molecule has 0 saturated heterocycles. The smallest absolute Gasteiger partial charge is 0.407 e. The molecule has 42 heavy (non-hydrogen) atoms. The quantitative estimate of drug-likeness (QED) is 0.123. The van der Waals surface area contributed by atoms with Gasteiger partial charge in [0.2, 0.25) is 5.91 Å². The summed E-state index contributed by atoms with van der Waals surface area (Å²) in [7, 11) is -0.474. The second-order valence-electron chi connectivity index (χ2n) is 11.8. The van der Waals surface area contributed by atoms with Gasteiger partial charge in [0.25, 0.3) is 0 Å². The van der Waals surface area contributed by atoms with E-state index in [1.807, 2.05) is 61.7 Å². The molecule has 6 nitrogen and oxygen atoms in total. The number of benzene rings is 2. The van der Waals surface area contributed by atoms with Crippen LogP contribution in [-0.4, -0.2) is 55.8 Å². The summed E-state index contributed by atoms with van der Waals surface area (Å²) in [6.45, 7) is 11.9. The number of aromatic nitrogens is 1. The first kappa shape index (κ1) is 33.3. The van der Waals surface area contributed by atoms with E-state index >= 15 is 0 Å². The molecule has 0 aliphatic carbocycles. The zero-order valence-corrected chi connectivity index (χ0v) is 26.8. The highest BCUT2D eigenvalue weighted by Gasteiger charge is 2.37. The number of hydrogen-bond donors (Lipinski definition) is 1. The number of alkyl halides is 1. The van der Waals surface area contributed by atoms with Crippen LogP contribution in [0.15, 0.2) is 60.8 Å². The van der Waals surface area contributed by atoms with Crippen molar-refractivity contribution in [2.75, 3.05) is 25.6 Å². The normalized spacial score (nSPS) is 12.3. The summed E-state index contributed by atoms with van der Waals surface area (Å²) in [6, 6.07) is 15.5. The molecule has 1 aromatic heterocycles. The first-order valence-electron chi connectivity index (χ1n) is 14.1. The van der Waals surface area contributed by atoms with Crippen LogP contribution in [0.1, 0.15) is 44.5 Å². The standard InChI is InChI=1S/C32H41ClF2N3O3Si/c1-32(2,3)30(38(29(39)20-33)15-9-14-36-31(40)41-16-17-42(4)5)28-18-24(26-19-25(34)12-13-27(26)35)22-37(28)21-23-10-7-6-8-11-23/h6-8,10-13,18-19,22,30H,9,14-17,20-21H2,1-5H3,(H,36,40)/t30-/m0/s1. The Hall–Kier alpha value is -3.17. The van der Waals surface area contributed by atoms with Gasteiger partial charge in [0.15, 0.2) is 0 Å². The topological polar surface area (TPSA) is 63.6 Å². The van der Waals surface area contributed by atoms with Gasteiger partial charge in [-0.15, -0.1) is 11.6 Å². The van der Waals surface area contributed by atoms with E-state index in [-0.39, 0.29) is 17.4 Å². The fourth-order valence-electron chi connectivity index (χ4n) is 4.93. The van der Waals surface area contributed by atoms with Crippen molar-refractivity contribution in [1.82, 2.24) is 14.8 Å². The van der Waals surface area contributed by atoms with Crippen molar-refractivity contribution in [1.29, 1.82) is 0 Å². The number of ether oxygens (including phenoxy) is 1. The number of carbonyl (C=O) groups excluding carboxylic acids is 2. The third kappa shape index (κ3) is 9.42. The second kappa shape index (κ2) is 15.3. The van der Waals surface area contributed by atoms with Gasteiger partial charge in [-0.3, -0.25) is 4.79 Å². The maximum absolute atomic E-state index is 14.9. The number of carbonyl (C=O) groups is 2. The maximum atomic E-state index is 14.9. The van der Waals surface area contributed by atoms with E-state index < -0.39 is 38.0 Å². The maximum Gasteiger partial charge on any atom is 0.407 e. The summed E-state index contributed by atoms with van der Waals surface area (Å²) in [5.41, 5.74) is 1.99. The number of rotatable bonds is 13. The summed E-state index contributed by atoms with van der Waals surface area (Å²) in [5.74, 6) is -1.54. The predicted octanol–water partition coefficient (Wildman–Crippen LogP) is 7.51. The van der Waals surface area contributed by atoms with Crippen LogP contribution in [0.25, 0.3) is 11.1 Å². The Morgan fingerprint density at radius 3 is 2.45 bits per heavy atom. The third-order valence-corrected chi connectivity index (χ3v) is 8.33. The molecule has 0 bridgehead atoms. The lowest BCUT2D eigenvalue weighted by molar-refractivity contribution is -0.133. The molecule has 1 radical (unpaired) electrons. The Kier molecular flexibility index (Phi) is 12.2. The predicted molar refractivity (Wildman–Crippen MR) is 166 cm³/mol. The fourth-order valence-corrected chi connectivity index (χ4v) is 5.59. The highest BCUT2D eigenvalue weighted by molar-refractivity contribution is 6.55. The number of hydrogen-bond acceptors (Lipinski definition) is 3. The van der Waals surface area contributed by atoms with Gasteiger partial charge in [-0.1, -0.05) is 64.2 Å². The minimum Gasteiger partial charge on any atom is -0.450 e. The van der Waals surface area contributed by atoms with Gasteiger partial charge in [-0.05, 0) is 47.7 Å². The van der Waals surface area contributed by atoms with Crippen molar-refractivity contribution in [2.45, 2.75) is 58.9 Å². The lowest BCUT2D eigenvalue weighted by Gasteiger charge is -2.41. The molecular formula is C32H41ClF2N3O3Si. The molecule has 0 aliphatic rings. The Bertz CT molecular complexity index is 1330. The molecule has 1 N–H and O–H groups in total. The second-order valence-corrected chi connectivity index (χ2v) is 14.9. The zero-order valence-electron chi connectivity index (χ0n) is 25.1. The van der Waals surface area contributed by atoms with E-state index in [2.05, 4.69) is 18.4 Å². The van der Waals surface area contributed by atoms with Crippen LogP contribution in [0.5, 0.6) is 0 Å². The Morgan fingerprint density at radius 1 is 1.10 bits per heavy atom. The Labute approximate surface area is 254 Å². The van der Waals surface area contributed by atoms with Crippen LogP contribution in [0.4, 0.5) is 13.6 Å². The number of amides is 2. The summed E-state index contributed by atoms with van der Waals surface area (Å²) >= 11 is 6.11. The van der Waals surface area contributed by atoms with Gasteiger partial charge in [0, 0.05) is 51.4 Å². The van der Waals surface area contributed by atoms with E-state index in [1.165, 1.54) is 6.07 Å². The van der Waals surface area contributed by atoms with Crippen LogP contribution >= 0.6 is 11.6 Å². The minimum absolute atomic E-state index is 0.146. The molecule has 2 amide bonds. The number of halogens is 3. The van der Waals surface area contributed by atoms with Gasteiger partial charge in [-0.2, -0.15) is 0 Å². The molecule has 227 valence electrons. The zero-order chi connectivity index (χ0) is 30.9. The Morgan fingerprint density at radius 2 is 1.81 bits per heavy atom. The molecule has 1 heterocycles. The SMILES string of the molecule is C[Si](C)CCOC(=O)NCCCN(C(=O)CCl)[C@@H](c1cc(-c2cc(F)ccc2F)cn1Cc1ccccc1)C(C)(C)C. The number of nitrogens with zero attached hydrogens (tertiary/aromatic N) is 2. The number of alkyl carbamates (subject to hydrolysis) is 1. The first-order valence-corrected chi connectivity index (χ1v) is 17.4. The van der Waals surface area contributed by atoms with E-state index in [4.69, 9.17) is 16.3 Å². The van der Waals surface area contributed by atoms with Gasteiger partial charge < -0.3 is 19.5 Å². The molecule has 0 unspecified atom stereocenters. The first-order chi connectivity index (χ1) is 19.9. The lowest BCUT2D eigenvalue weighted by atomic mass is 9.83. The molecule has 2 aromatic carbocycles. The van der Waals surface area contributed by atoms with E-state index in [0.717, 1.165) is 29.4 Å². The van der Waals surface area contributed by atoms with Gasteiger partial charge in [0.1, 0.15) is 17.5 Å². The fraction of sp³-hybridized carbons (Fsp3) is 0.438. The average Bonchev–Trinajstić information content (AvgIpc) is 3.33. The third-order valence-electron chi connectivity index (χ3n) is 6.89. The van der Waals surface area contributed by atoms with Crippen LogP contribution in [0, 0.1) is 17.0 Å². The molecule has 0 spiro atoms. The largest absolute Gasteiger partial charge is 0.450 e. The van der Waals surface area contributed by atoms with Crippen molar-refractivity contribution in [3.05, 3.63) is 83.7 Å². The van der Waals surface area contributed by atoms with E-state index in [9.17, 15) is 18.4 Å². The molecule has 3 rings (SSSR count). The van der Waals surface area contributed by atoms with E-state index in [1.54, 1.807) is 11.1 Å². The summed E-state index contributed by atoms with van der Waals surface area (Å²) in [5, 5.41) is 2.76. The minimum atomic E-state index is -0.535. The summed E-state index contributed by atoms with van der Waals surface area (Å²) in [4.78, 5) is 27.1. The average molecular weight is 617 g/mol. The van der Waals surface area contributed by atoms with Crippen molar-refractivity contribution >= 4 is 32.4 Å². The number of nitrogens with one attached hydrogen (secondary N) is 1. The molecular weight excluding hydrogens is 576 g/mol. The summed E-state index contributed by atoms with van der Waals surface area (Å²) < 4.78 is 36.3. The van der Waals surface area contributed by atoms with Crippen molar-refractivity contribution in [3.63, 3.8) is 0 Å². The molecule has 0 fully saturated rings. The molecule has 1 atom stereocenters. The summed E-state index contributed by atoms with van der Waals surface area (Å²) in [6.07, 6.45) is 1.81. The monoisotopic (exact) mass is 616 g/mol. The van der Waals surface area contributed by atoms with Crippen molar-refractivity contribution in [2.24, 2.45) is 5.41 Å². The van der Waals surface area contributed by atoms with Crippen LogP contribution < -0.4 is 5.32 Å². The lowest BCUT2D eigenvalue weighted by Crippen LogP contribution is -2.44. The van der Waals surface area contributed by atoms with Crippen molar-refractivity contribution in [3.8, 4) is 11.1 Å². The molecule has 10 heteroatoms. The highest BCUT2D eigenvalue weighted by atomic mass is 35.5. The van der Waals surface area contributed by atoms with Crippen LogP contribution in [-0.2, 0) is 16.1 Å². The van der Waals surface area contributed by atoms with Crippen molar-refractivity contribution < 1.29 is 23.1 Å². The molecule has 0 aliphatic heterocycles. The van der Waals surface area contributed by atoms with Crippen LogP contribution in [0.3, 0.4) is 0 Å².